The molecular weight excluding hydrogens is 299 g/mol. The van der Waals surface area contributed by atoms with Gasteiger partial charge in [-0.25, -0.2) is 9.97 Å². The SMILES string of the molecule is O=Cc1cc2c(ccc3cc(C=O)c(Cl)nc32)nc1Cl. The van der Waals surface area contributed by atoms with E-state index in [1.165, 1.54) is 0 Å². The summed E-state index contributed by atoms with van der Waals surface area (Å²) in [6.45, 7) is 0. The Kier molecular flexibility index (Phi) is 3.12. The van der Waals surface area contributed by atoms with Crippen molar-refractivity contribution in [1.82, 2.24) is 9.97 Å². The molecule has 0 spiro atoms. The van der Waals surface area contributed by atoms with Crippen LogP contribution in [0.15, 0.2) is 24.3 Å². The van der Waals surface area contributed by atoms with Crippen molar-refractivity contribution < 1.29 is 9.59 Å². The summed E-state index contributed by atoms with van der Waals surface area (Å²) in [4.78, 5) is 30.2. The van der Waals surface area contributed by atoms with Crippen LogP contribution in [0.4, 0.5) is 0 Å². The molecule has 20 heavy (non-hydrogen) atoms. The van der Waals surface area contributed by atoms with Gasteiger partial charge < -0.3 is 0 Å². The van der Waals surface area contributed by atoms with Crippen molar-refractivity contribution in [2.75, 3.05) is 0 Å². The van der Waals surface area contributed by atoms with Crippen LogP contribution in [0.5, 0.6) is 0 Å². The van der Waals surface area contributed by atoms with Gasteiger partial charge in [0.1, 0.15) is 10.3 Å². The van der Waals surface area contributed by atoms with Crippen LogP contribution in [0.3, 0.4) is 0 Å². The van der Waals surface area contributed by atoms with Crippen LogP contribution in [-0.4, -0.2) is 22.5 Å². The molecule has 2 aromatic heterocycles. The van der Waals surface area contributed by atoms with Crippen LogP contribution in [0, 0.1) is 0 Å². The zero-order valence-electron chi connectivity index (χ0n) is 9.93. The number of aromatic nitrogens is 2. The molecule has 0 N–H and O–H groups in total. The number of benzene rings is 1. The number of fused-ring (bicyclic) bond motifs is 3. The number of nitrogens with zero attached hydrogens (tertiary/aromatic N) is 2. The molecular formula is C14H6Cl2N2O2. The first-order chi connectivity index (χ1) is 9.63. The molecule has 0 saturated carbocycles. The number of aldehydes is 2. The maximum Gasteiger partial charge on any atom is 0.153 e. The molecule has 3 aromatic rings. The van der Waals surface area contributed by atoms with Crippen molar-refractivity contribution in [2.45, 2.75) is 0 Å². The first kappa shape index (κ1) is 13.0. The average molecular weight is 305 g/mol. The fraction of sp³-hybridized carbons (Fsp3) is 0. The summed E-state index contributed by atoms with van der Waals surface area (Å²) < 4.78 is 0. The Balaban J connectivity index is 2.48. The molecule has 0 atom stereocenters. The highest BCUT2D eigenvalue weighted by atomic mass is 35.5. The number of halogens is 2. The predicted octanol–water partition coefficient (Wildman–Crippen LogP) is 3.71. The van der Waals surface area contributed by atoms with Crippen LogP contribution >= 0.6 is 23.2 Å². The number of rotatable bonds is 2. The Morgan fingerprint density at radius 3 is 2.25 bits per heavy atom. The van der Waals surface area contributed by atoms with E-state index in [1.54, 1.807) is 24.3 Å². The Bertz CT molecular complexity index is 878. The Labute approximate surface area is 123 Å². The lowest BCUT2D eigenvalue weighted by Gasteiger charge is -2.06. The fourth-order valence-corrected chi connectivity index (χ4v) is 2.41. The van der Waals surface area contributed by atoms with Gasteiger partial charge in [-0.3, -0.25) is 9.59 Å². The summed E-state index contributed by atoms with van der Waals surface area (Å²) in [7, 11) is 0. The maximum absolute atomic E-state index is 11.0. The second kappa shape index (κ2) is 4.81. The third kappa shape index (κ3) is 1.94. The summed E-state index contributed by atoms with van der Waals surface area (Å²) in [6.07, 6.45) is 1.28. The lowest BCUT2D eigenvalue weighted by Crippen LogP contribution is -1.93. The van der Waals surface area contributed by atoms with E-state index >= 15 is 0 Å². The van der Waals surface area contributed by atoms with Gasteiger partial charge >= 0.3 is 0 Å². The van der Waals surface area contributed by atoms with Gasteiger partial charge in [-0.2, -0.15) is 0 Å². The molecule has 1 aromatic carbocycles. The van der Waals surface area contributed by atoms with Crippen molar-refractivity contribution in [3.05, 3.63) is 45.7 Å². The predicted molar refractivity (Wildman–Crippen MR) is 77.8 cm³/mol. The van der Waals surface area contributed by atoms with Crippen molar-refractivity contribution in [1.29, 1.82) is 0 Å². The van der Waals surface area contributed by atoms with E-state index in [2.05, 4.69) is 9.97 Å². The molecule has 4 nitrogen and oxygen atoms in total. The van der Waals surface area contributed by atoms with E-state index in [-0.39, 0.29) is 15.9 Å². The quantitative estimate of drug-likeness (QED) is 0.411. The van der Waals surface area contributed by atoms with Gasteiger partial charge in [0.25, 0.3) is 0 Å². The van der Waals surface area contributed by atoms with E-state index in [0.717, 1.165) is 5.39 Å². The first-order valence-corrected chi connectivity index (χ1v) is 6.39. The van der Waals surface area contributed by atoms with Gasteiger partial charge in [0.15, 0.2) is 12.6 Å². The van der Waals surface area contributed by atoms with Crippen LogP contribution in [0.2, 0.25) is 10.3 Å². The number of carbonyl (C=O) groups excluding carboxylic acids is 2. The minimum atomic E-state index is 0.114. The zero-order valence-corrected chi connectivity index (χ0v) is 11.4. The van der Waals surface area contributed by atoms with Crippen molar-refractivity contribution in [3.8, 4) is 0 Å². The van der Waals surface area contributed by atoms with Gasteiger partial charge in [-0.15, -0.1) is 0 Å². The molecule has 0 aliphatic heterocycles. The summed E-state index contributed by atoms with van der Waals surface area (Å²) >= 11 is 11.8. The summed E-state index contributed by atoms with van der Waals surface area (Å²) in [6, 6.07) is 6.79. The zero-order chi connectivity index (χ0) is 14.3. The van der Waals surface area contributed by atoms with Gasteiger partial charge in [0, 0.05) is 10.8 Å². The standard InChI is InChI=1S/C14H6Cl2N2O2/c15-13-9(6-20)4-10-11(17-13)2-1-7-3-8(5-19)14(16)18-12(7)10/h1-6H. The van der Waals surface area contributed by atoms with E-state index in [4.69, 9.17) is 23.2 Å². The van der Waals surface area contributed by atoms with Gasteiger partial charge in [0.2, 0.25) is 0 Å². The van der Waals surface area contributed by atoms with Crippen LogP contribution in [0.25, 0.3) is 21.8 Å². The number of pyridine rings is 2. The summed E-state index contributed by atoms with van der Waals surface area (Å²) in [5, 5.41) is 1.66. The highest BCUT2D eigenvalue weighted by molar-refractivity contribution is 6.33. The number of hydrogen-bond donors (Lipinski definition) is 0. The fourth-order valence-electron chi connectivity index (χ4n) is 2.04. The van der Waals surface area contributed by atoms with Crippen LogP contribution in [0.1, 0.15) is 20.7 Å². The maximum atomic E-state index is 11.0. The lowest BCUT2D eigenvalue weighted by molar-refractivity contribution is 0.111. The molecule has 0 aliphatic carbocycles. The van der Waals surface area contributed by atoms with Crippen molar-refractivity contribution in [3.63, 3.8) is 0 Å². The lowest BCUT2D eigenvalue weighted by atomic mass is 10.1. The largest absolute Gasteiger partial charge is 0.298 e. The number of carbonyl (C=O) groups is 2. The molecule has 0 amide bonds. The number of hydrogen-bond acceptors (Lipinski definition) is 4. The molecule has 98 valence electrons. The topological polar surface area (TPSA) is 59.9 Å². The normalized spacial score (nSPS) is 10.9. The van der Waals surface area contributed by atoms with E-state index in [9.17, 15) is 9.59 Å². The summed E-state index contributed by atoms with van der Waals surface area (Å²) in [5.74, 6) is 0. The van der Waals surface area contributed by atoms with Gasteiger partial charge in [-0.1, -0.05) is 29.3 Å². The molecule has 0 aliphatic rings. The molecule has 0 fully saturated rings. The Morgan fingerprint density at radius 1 is 0.900 bits per heavy atom. The third-order valence-corrected chi connectivity index (χ3v) is 3.60. The van der Waals surface area contributed by atoms with Crippen LogP contribution in [-0.2, 0) is 0 Å². The summed E-state index contributed by atoms with van der Waals surface area (Å²) in [5.41, 5.74) is 1.78. The molecule has 0 unspecified atom stereocenters. The van der Waals surface area contributed by atoms with Crippen molar-refractivity contribution in [2.24, 2.45) is 0 Å². The van der Waals surface area contributed by atoms with Crippen molar-refractivity contribution >= 4 is 57.6 Å². The molecule has 2 heterocycles. The average Bonchev–Trinajstić information content (AvgIpc) is 2.45. The Hall–Kier alpha value is -2.04. The minimum Gasteiger partial charge on any atom is -0.298 e. The molecule has 0 radical (unpaired) electrons. The van der Waals surface area contributed by atoms with Crippen LogP contribution < -0.4 is 0 Å². The third-order valence-electron chi connectivity index (χ3n) is 3.00. The first-order valence-electron chi connectivity index (χ1n) is 5.64. The van der Waals surface area contributed by atoms with Gasteiger partial charge in [-0.05, 0) is 18.2 Å². The second-order valence-electron chi connectivity index (χ2n) is 4.18. The minimum absolute atomic E-state index is 0.114. The molecule has 6 heteroatoms. The smallest absolute Gasteiger partial charge is 0.153 e. The van der Waals surface area contributed by atoms with Gasteiger partial charge in [0.05, 0.1) is 22.2 Å². The monoisotopic (exact) mass is 304 g/mol. The molecule has 0 saturated heterocycles. The Morgan fingerprint density at radius 2 is 1.55 bits per heavy atom. The van der Waals surface area contributed by atoms with E-state index < -0.39 is 0 Å². The van der Waals surface area contributed by atoms with E-state index in [0.29, 0.717) is 34.6 Å². The second-order valence-corrected chi connectivity index (χ2v) is 4.89. The molecule has 0 bridgehead atoms. The molecule has 3 rings (SSSR count). The highest BCUT2D eigenvalue weighted by Gasteiger charge is 2.10. The van der Waals surface area contributed by atoms with E-state index in [1.807, 2.05) is 0 Å². The highest BCUT2D eigenvalue weighted by Crippen LogP contribution is 2.28.